The van der Waals surface area contributed by atoms with Gasteiger partial charge in [-0.05, 0) is 25.8 Å². The zero-order valence-electron chi connectivity index (χ0n) is 12.1. The maximum Gasteiger partial charge on any atom is 0.326 e. The van der Waals surface area contributed by atoms with Gasteiger partial charge in [-0.2, -0.15) is 0 Å². The first-order valence-corrected chi connectivity index (χ1v) is 6.94. The van der Waals surface area contributed by atoms with Crippen LogP contribution in [0.15, 0.2) is 24.3 Å². The van der Waals surface area contributed by atoms with E-state index in [4.69, 9.17) is 5.11 Å². The third kappa shape index (κ3) is 2.99. The Hall–Kier alpha value is -2.11. The number of aliphatic carboxylic acids is 1. The van der Waals surface area contributed by atoms with Crippen LogP contribution in [0.25, 0.3) is 0 Å². The number of nitrogens with zero attached hydrogens (tertiary/aromatic N) is 2. The van der Waals surface area contributed by atoms with Crippen molar-refractivity contribution in [3.05, 3.63) is 35.6 Å². The van der Waals surface area contributed by atoms with Crippen molar-refractivity contribution in [2.24, 2.45) is 0 Å². The Morgan fingerprint density at radius 3 is 2.71 bits per heavy atom. The number of rotatable bonds is 3. The first-order valence-electron chi connectivity index (χ1n) is 6.94. The molecule has 0 aromatic heterocycles. The molecular weight excluding hydrogens is 275 g/mol. The minimum Gasteiger partial charge on any atom is -0.480 e. The molecule has 0 aliphatic carbocycles. The van der Waals surface area contributed by atoms with E-state index in [0.29, 0.717) is 24.9 Å². The molecule has 1 unspecified atom stereocenters. The van der Waals surface area contributed by atoms with Gasteiger partial charge in [-0.1, -0.05) is 18.2 Å². The highest BCUT2D eigenvalue weighted by molar-refractivity contribution is 5.83. The Labute approximate surface area is 123 Å². The quantitative estimate of drug-likeness (QED) is 0.931. The Morgan fingerprint density at radius 2 is 2.10 bits per heavy atom. The minimum absolute atomic E-state index is 0.374. The molecule has 1 aromatic rings. The SMILES string of the molecule is CC(c1ccccc1F)N(C)C(=O)N1CCC[C@H]1C(=O)O. The van der Waals surface area contributed by atoms with Gasteiger partial charge >= 0.3 is 12.0 Å². The third-order valence-electron chi connectivity index (χ3n) is 4.02. The van der Waals surface area contributed by atoms with Gasteiger partial charge in [-0.3, -0.25) is 0 Å². The maximum atomic E-state index is 13.8. The summed E-state index contributed by atoms with van der Waals surface area (Å²) in [4.78, 5) is 26.3. The predicted molar refractivity (Wildman–Crippen MR) is 75.3 cm³/mol. The molecule has 1 aromatic carbocycles. The lowest BCUT2D eigenvalue weighted by Crippen LogP contribution is -2.47. The number of carbonyl (C=O) groups excluding carboxylic acids is 1. The van der Waals surface area contributed by atoms with E-state index >= 15 is 0 Å². The zero-order valence-corrected chi connectivity index (χ0v) is 12.1. The molecule has 1 fully saturated rings. The van der Waals surface area contributed by atoms with E-state index in [-0.39, 0.29) is 11.8 Å². The Morgan fingerprint density at radius 1 is 1.43 bits per heavy atom. The maximum absolute atomic E-state index is 13.8. The second-order valence-corrected chi connectivity index (χ2v) is 5.28. The number of carboxylic acid groups (broad SMARTS) is 1. The largest absolute Gasteiger partial charge is 0.480 e. The number of amides is 2. The molecule has 1 aliphatic rings. The summed E-state index contributed by atoms with van der Waals surface area (Å²) in [5.74, 6) is -1.37. The molecule has 0 saturated carbocycles. The van der Waals surface area contributed by atoms with Crippen LogP contribution in [0.2, 0.25) is 0 Å². The highest BCUT2D eigenvalue weighted by Gasteiger charge is 2.36. The number of hydrogen-bond donors (Lipinski definition) is 1. The van der Waals surface area contributed by atoms with Gasteiger partial charge in [0, 0.05) is 19.2 Å². The fraction of sp³-hybridized carbons (Fsp3) is 0.467. The number of carboxylic acids is 1. The van der Waals surface area contributed by atoms with Gasteiger partial charge in [0.1, 0.15) is 11.9 Å². The first kappa shape index (κ1) is 15.3. The number of likely N-dealkylation sites (tertiary alicyclic amines) is 1. The molecule has 5 nitrogen and oxygen atoms in total. The van der Waals surface area contributed by atoms with E-state index in [0.717, 1.165) is 0 Å². The van der Waals surface area contributed by atoms with Crippen LogP contribution >= 0.6 is 0 Å². The molecular formula is C15H19FN2O3. The van der Waals surface area contributed by atoms with Crippen LogP contribution < -0.4 is 0 Å². The minimum atomic E-state index is -0.993. The molecule has 0 bridgehead atoms. The summed E-state index contributed by atoms with van der Waals surface area (Å²) in [6.45, 7) is 2.15. The van der Waals surface area contributed by atoms with Crippen molar-refractivity contribution < 1.29 is 19.1 Å². The molecule has 0 spiro atoms. The highest BCUT2D eigenvalue weighted by Crippen LogP contribution is 2.25. The lowest BCUT2D eigenvalue weighted by Gasteiger charge is -2.32. The lowest BCUT2D eigenvalue weighted by molar-refractivity contribution is -0.141. The van der Waals surface area contributed by atoms with Crippen LogP contribution in [0.4, 0.5) is 9.18 Å². The topological polar surface area (TPSA) is 60.9 Å². The van der Waals surface area contributed by atoms with Crippen molar-refractivity contribution in [2.75, 3.05) is 13.6 Å². The summed E-state index contributed by atoms with van der Waals surface area (Å²) >= 11 is 0. The number of carbonyl (C=O) groups is 2. The first-order chi connectivity index (χ1) is 9.93. The Kier molecular flexibility index (Phi) is 4.45. The van der Waals surface area contributed by atoms with Crippen LogP contribution in [0.5, 0.6) is 0 Å². The average molecular weight is 294 g/mol. The van der Waals surface area contributed by atoms with Crippen molar-refractivity contribution in [3.63, 3.8) is 0 Å². The van der Waals surface area contributed by atoms with Gasteiger partial charge < -0.3 is 14.9 Å². The number of halogens is 1. The van der Waals surface area contributed by atoms with E-state index in [2.05, 4.69) is 0 Å². The second kappa shape index (κ2) is 6.11. The highest BCUT2D eigenvalue weighted by atomic mass is 19.1. The van der Waals surface area contributed by atoms with E-state index in [1.807, 2.05) is 0 Å². The zero-order chi connectivity index (χ0) is 15.6. The van der Waals surface area contributed by atoms with Gasteiger partial charge in [0.2, 0.25) is 0 Å². The smallest absolute Gasteiger partial charge is 0.326 e. The van der Waals surface area contributed by atoms with Crippen molar-refractivity contribution in [1.29, 1.82) is 0 Å². The lowest BCUT2D eigenvalue weighted by atomic mass is 10.1. The van der Waals surface area contributed by atoms with Gasteiger partial charge in [0.05, 0.1) is 6.04 Å². The van der Waals surface area contributed by atoms with Gasteiger partial charge in [0.15, 0.2) is 0 Å². The summed E-state index contributed by atoms with van der Waals surface area (Å²) in [6, 6.07) is 4.65. The van der Waals surface area contributed by atoms with Crippen LogP contribution in [0, 0.1) is 5.82 Å². The Balaban J connectivity index is 2.16. The van der Waals surface area contributed by atoms with E-state index in [1.165, 1.54) is 15.9 Å². The summed E-state index contributed by atoms with van der Waals surface area (Å²) in [6.07, 6.45) is 1.13. The number of urea groups is 1. The monoisotopic (exact) mass is 294 g/mol. The van der Waals surface area contributed by atoms with Crippen molar-refractivity contribution in [3.8, 4) is 0 Å². The van der Waals surface area contributed by atoms with Crippen molar-refractivity contribution in [2.45, 2.75) is 31.8 Å². The molecule has 2 atom stereocenters. The van der Waals surface area contributed by atoms with Crippen molar-refractivity contribution in [1.82, 2.24) is 9.80 Å². The van der Waals surface area contributed by atoms with Gasteiger partial charge in [0.25, 0.3) is 0 Å². The molecule has 114 valence electrons. The molecule has 1 aliphatic heterocycles. The molecule has 2 rings (SSSR count). The fourth-order valence-electron chi connectivity index (χ4n) is 2.64. The van der Waals surface area contributed by atoms with E-state index in [9.17, 15) is 14.0 Å². The van der Waals surface area contributed by atoms with Crippen LogP contribution in [0.3, 0.4) is 0 Å². The summed E-state index contributed by atoms with van der Waals surface area (Å²) in [5, 5.41) is 9.14. The predicted octanol–water partition coefficient (Wildman–Crippen LogP) is 2.49. The molecule has 0 radical (unpaired) electrons. The number of benzene rings is 1. The van der Waals surface area contributed by atoms with Crippen LogP contribution in [-0.4, -0.2) is 46.5 Å². The summed E-state index contributed by atoms with van der Waals surface area (Å²) in [7, 11) is 1.57. The Bertz CT molecular complexity index is 549. The summed E-state index contributed by atoms with van der Waals surface area (Å²) < 4.78 is 13.8. The number of hydrogen-bond acceptors (Lipinski definition) is 2. The molecule has 21 heavy (non-hydrogen) atoms. The molecule has 2 amide bonds. The van der Waals surface area contributed by atoms with Crippen LogP contribution in [0.1, 0.15) is 31.4 Å². The second-order valence-electron chi connectivity index (χ2n) is 5.28. The fourth-order valence-corrected chi connectivity index (χ4v) is 2.64. The van der Waals surface area contributed by atoms with Gasteiger partial charge in [-0.25, -0.2) is 14.0 Å². The van der Waals surface area contributed by atoms with E-state index in [1.54, 1.807) is 32.2 Å². The third-order valence-corrected chi connectivity index (χ3v) is 4.02. The molecule has 1 heterocycles. The van der Waals surface area contributed by atoms with Crippen molar-refractivity contribution >= 4 is 12.0 Å². The molecule has 1 saturated heterocycles. The van der Waals surface area contributed by atoms with Crippen LogP contribution in [-0.2, 0) is 4.79 Å². The molecule has 6 heteroatoms. The average Bonchev–Trinajstić information content (AvgIpc) is 2.95. The van der Waals surface area contributed by atoms with Gasteiger partial charge in [-0.15, -0.1) is 0 Å². The molecule has 1 N–H and O–H groups in total. The van der Waals surface area contributed by atoms with E-state index < -0.39 is 18.1 Å². The normalized spacial score (nSPS) is 19.4. The standard InChI is InChI=1S/C15H19FN2O3/c1-10(11-6-3-4-7-12(11)16)17(2)15(21)18-9-5-8-13(18)14(19)20/h3-4,6-7,10,13H,5,8-9H2,1-2H3,(H,19,20)/t10?,13-/m0/s1. The summed E-state index contributed by atoms with van der Waals surface area (Å²) in [5.41, 5.74) is 0.416.